The van der Waals surface area contributed by atoms with Crippen LogP contribution in [0.1, 0.15) is 32.1 Å². The first-order valence-electron chi connectivity index (χ1n) is 4.78. The number of hydrogen-bond donors (Lipinski definition) is 0. The second kappa shape index (κ2) is 6.90. The van der Waals surface area contributed by atoms with Crippen LogP contribution in [0.2, 0.25) is 0 Å². The number of hydrogen-bond acceptors (Lipinski definition) is 0. The van der Waals surface area contributed by atoms with E-state index >= 15 is 0 Å². The zero-order valence-corrected chi connectivity index (χ0v) is 7.58. The van der Waals surface area contributed by atoms with Crippen molar-refractivity contribution in [3.63, 3.8) is 0 Å². The van der Waals surface area contributed by atoms with Crippen molar-refractivity contribution in [2.75, 3.05) is 0 Å². The highest BCUT2D eigenvalue weighted by Gasteiger charge is 1.83. The molecule has 0 N–H and O–H groups in total. The fraction of sp³-hybridized carbons (Fsp3) is 0.417. The third-order valence-corrected chi connectivity index (χ3v) is 1.90. The Balaban J connectivity index is 2.30. The van der Waals surface area contributed by atoms with E-state index in [1.54, 1.807) is 0 Å². The van der Waals surface area contributed by atoms with Gasteiger partial charge in [-0.2, -0.15) is 0 Å². The Kier molecular flexibility index (Phi) is 5.35. The molecule has 0 fully saturated rings. The summed E-state index contributed by atoms with van der Waals surface area (Å²) in [4.78, 5) is 0. The van der Waals surface area contributed by atoms with Crippen LogP contribution in [0.15, 0.2) is 36.5 Å². The highest BCUT2D eigenvalue weighted by atomic mass is 13.9. The second-order valence-corrected chi connectivity index (χ2v) is 3.02. The van der Waals surface area contributed by atoms with Crippen molar-refractivity contribution in [1.82, 2.24) is 0 Å². The Bertz CT molecular complexity index is 152. The van der Waals surface area contributed by atoms with Crippen LogP contribution in [0.3, 0.4) is 0 Å². The minimum atomic E-state index is 1.09. The zero-order chi connectivity index (χ0) is 8.49. The van der Waals surface area contributed by atoms with Gasteiger partial charge in [-0.15, -0.1) is 0 Å². The molecule has 0 heteroatoms. The summed E-state index contributed by atoms with van der Waals surface area (Å²) >= 11 is 0. The molecule has 0 heterocycles. The van der Waals surface area contributed by atoms with E-state index in [9.17, 15) is 0 Å². The summed E-state index contributed by atoms with van der Waals surface area (Å²) in [6, 6.07) is 0. The van der Waals surface area contributed by atoms with Crippen molar-refractivity contribution < 1.29 is 0 Å². The fourth-order valence-electron chi connectivity index (χ4n) is 1.19. The van der Waals surface area contributed by atoms with Gasteiger partial charge in [0.1, 0.15) is 0 Å². The molecule has 0 bridgehead atoms. The highest BCUT2D eigenvalue weighted by molar-refractivity contribution is 5.04. The van der Waals surface area contributed by atoms with E-state index in [-0.39, 0.29) is 0 Å². The molecule has 0 aliphatic heterocycles. The molecule has 0 spiro atoms. The molecule has 0 saturated heterocycles. The molecule has 1 radical (unpaired) electrons. The van der Waals surface area contributed by atoms with Gasteiger partial charge >= 0.3 is 0 Å². The van der Waals surface area contributed by atoms with E-state index in [0.717, 1.165) is 12.8 Å². The molecule has 12 heavy (non-hydrogen) atoms. The van der Waals surface area contributed by atoms with E-state index < -0.39 is 0 Å². The van der Waals surface area contributed by atoms with E-state index in [1.807, 2.05) is 0 Å². The van der Waals surface area contributed by atoms with Crippen LogP contribution < -0.4 is 0 Å². The number of allylic oxidation sites excluding steroid dienone is 6. The molecule has 0 unspecified atom stereocenters. The van der Waals surface area contributed by atoms with Crippen LogP contribution in [0, 0.1) is 6.42 Å². The van der Waals surface area contributed by atoms with Gasteiger partial charge in [-0.05, 0) is 38.5 Å². The van der Waals surface area contributed by atoms with Crippen molar-refractivity contribution in [2.24, 2.45) is 0 Å². The normalized spacial score (nSPS) is 28.0. The van der Waals surface area contributed by atoms with Gasteiger partial charge in [-0.25, -0.2) is 0 Å². The van der Waals surface area contributed by atoms with Crippen LogP contribution in [0.4, 0.5) is 0 Å². The van der Waals surface area contributed by atoms with Crippen LogP contribution in [0.25, 0.3) is 0 Å². The predicted molar refractivity (Wildman–Crippen MR) is 54.8 cm³/mol. The molecule has 0 aromatic heterocycles. The standard InChI is InChI=1S/C12H17/c1-2-4-6-8-10-12-11-9-7-5-3-1/h1-4,7,11-12H,5-6,8-10H2/b3-1-,4-2+,12-11+. The maximum absolute atomic E-state index is 2.29. The molecule has 1 aliphatic carbocycles. The van der Waals surface area contributed by atoms with Crippen LogP contribution in [-0.4, -0.2) is 0 Å². The van der Waals surface area contributed by atoms with Gasteiger partial charge in [-0.1, -0.05) is 36.5 Å². The van der Waals surface area contributed by atoms with Crippen molar-refractivity contribution in [3.05, 3.63) is 42.9 Å². The molecule has 65 valence electrons. The Morgan fingerprint density at radius 1 is 0.667 bits per heavy atom. The first kappa shape index (κ1) is 9.31. The third-order valence-electron chi connectivity index (χ3n) is 1.90. The monoisotopic (exact) mass is 161 g/mol. The van der Waals surface area contributed by atoms with Gasteiger partial charge in [0.05, 0.1) is 0 Å². The molecular formula is C12H17. The van der Waals surface area contributed by atoms with Crippen LogP contribution in [-0.2, 0) is 0 Å². The van der Waals surface area contributed by atoms with E-state index in [0.29, 0.717) is 0 Å². The second-order valence-electron chi connectivity index (χ2n) is 3.02. The third kappa shape index (κ3) is 4.95. The van der Waals surface area contributed by atoms with Crippen molar-refractivity contribution in [2.45, 2.75) is 32.1 Å². The zero-order valence-electron chi connectivity index (χ0n) is 7.58. The molecule has 0 saturated carbocycles. The van der Waals surface area contributed by atoms with Gasteiger partial charge in [0, 0.05) is 0 Å². The van der Waals surface area contributed by atoms with E-state index in [2.05, 4.69) is 42.9 Å². The van der Waals surface area contributed by atoms with Crippen LogP contribution >= 0.6 is 0 Å². The molecule has 0 amide bonds. The van der Waals surface area contributed by atoms with E-state index in [1.165, 1.54) is 19.3 Å². The van der Waals surface area contributed by atoms with Crippen molar-refractivity contribution >= 4 is 0 Å². The topological polar surface area (TPSA) is 0 Å². The average Bonchev–Trinajstić information content (AvgIpc) is 2.05. The highest BCUT2D eigenvalue weighted by Crippen LogP contribution is 2.03. The predicted octanol–water partition coefficient (Wildman–Crippen LogP) is 3.82. The lowest BCUT2D eigenvalue weighted by Gasteiger charge is -1.93. The lowest BCUT2D eigenvalue weighted by molar-refractivity contribution is 0.864. The van der Waals surface area contributed by atoms with E-state index in [4.69, 9.17) is 0 Å². The Labute approximate surface area is 75.7 Å². The first-order chi connectivity index (χ1) is 6.00. The summed E-state index contributed by atoms with van der Waals surface area (Å²) in [5, 5.41) is 0. The molecular weight excluding hydrogens is 144 g/mol. The van der Waals surface area contributed by atoms with Crippen molar-refractivity contribution in [1.29, 1.82) is 0 Å². The molecule has 1 aliphatic rings. The van der Waals surface area contributed by atoms with Gasteiger partial charge in [0.15, 0.2) is 0 Å². The molecule has 1 rings (SSSR count). The summed E-state index contributed by atoms with van der Waals surface area (Å²) < 4.78 is 0. The van der Waals surface area contributed by atoms with Gasteiger partial charge in [-0.3, -0.25) is 0 Å². The molecule has 0 aromatic carbocycles. The molecule has 0 nitrogen and oxygen atoms in total. The number of rotatable bonds is 0. The Morgan fingerprint density at radius 2 is 1.42 bits per heavy atom. The summed E-state index contributed by atoms with van der Waals surface area (Å²) in [6.45, 7) is 0. The quantitative estimate of drug-likeness (QED) is 0.474. The first-order valence-corrected chi connectivity index (χ1v) is 4.78. The summed E-state index contributed by atoms with van der Waals surface area (Å²) in [5.74, 6) is 0. The molecule has 0 aromatic rings. The van der Waals surface area contributed by atoms with Gasteiger partial charge in [0.25, 0.3) is 0 Å². The lowest BCUT2D eigenvalue weighted by atomic mass is 10.1. The average molecular weight is 161 g/mol. The molecule has 0 atom stereocenters. The summed E-state index contributed by atoms with van der Waals surface area (Å²) in [6.07, 6.45) is 21.5. The Morgan fingerprint density at radius 3 is 2.42 bits per heavy atom. The Hall–Kier alpha value is -0.780. The minimum absolute atomic E-state index is 1.09. The van der Waals surface area contributed by atoms with Gasteiger partial charge < -0.3 is 0 Å². The van der Waals surface area contributed by atoms with Gasteiger partial charge in [0.2, 0.25) is 0 Å². The summed E-state index contributed by atoms with van der Waals surface area (Å²) in [5.41, 5.74) is 0. The smallest absolute Gasteiger partial charge is 0.0311 e. The maximum atomic E-state index is 2.29. The maximum Gasteiger partial charge on any atom is -0.0311 e. The fourth-order valence-corrected chi connectivity index (χ4v) is 1.19. The largest absolute Gasteiger partial charge is 0.0885 e. The lowest BCUT2D eigenvalue weighted by Crippen LogP contribution is -1.74. The SMILES string of the molecule is [CH]1C/C=C\C=C\CCC/C=C/C1. The minimum Gasteiger partial charge on any atom is -0.0885 e. The van der Waals surface area contributed by atoms with Crippen LogP contribution in [0.5, 0.6) is 0 Å². The van der Waals surface area contributed by atoms with Crippen molar-refractivity contribution in [3.8, 4) is 0 Å². The summed E-state index contributed by atoms with van der Waals surface area (Å²) in [7, 11) is 0.